The summed E-state index contributed by atoms with van der Waals surface area (Å²) in [6.45, 7) is 2.20. The van der Waals surface area contributed by atoms with Crippen LogP contribution < -0.4 is 5.32 Å². The van der Waals surface area contributed by atoms with Gasteiger partial charge in [0.15, 0.2) is 0 Å². The molecule has 0 fully saturated rings. The summed E-state index contributed by atoms with van der Waals surface area (Å²) < 4.78 is 52.3. The maximum absolute atomic E-state index is 13.5. The van der Waals surface area contributed by atoms with Gasteiger partial charge < -0.3 is 5.32 Å². The zero-order chi connectivity index (χ0) is 17.3. The summed E-state index contributed by atoms with van der Waals surface area (Å²) >= 11 is 0. The Morgan fingerprint density at radius 1 is 1.00 bits per heavy atom. The molecule has 0 atom stereocenters. The number of nitrogens with one attached hydrogen (secondary N) is 1. The van der Waals surface area contributed by atoms with E-state index in [4.69, 9.17) is 0 Å². The van der Waals surface area contributed by atoms with E-state index in [2.05, 4.69) is 15.3 Å². The third-order valence-electron chi connectivity index (χ3n) is 3.49. The van der Waals surface area contributed by atoms with E-state index < -0.39 is 17.8 Å². The number of hydrogen-bond donors (Lipinski definition) is 1. The van der Waals surface area contributed by atoms with Gasteiger partial charge in [-0.3, -0.25) is 0 Å². The molecule has 1 heterocycles. The van der Waals surface area contributed by atoms with Crippen LogP contribution >= 0.6 is 0 Å². The van der Waals surface area contributed by atoms with Crippen molar-refractivity contribution in [1.82, 2.24) is 9.97 Å². The second kappa shape index (κ2) is 6.07. The van der Waals surface area contributed by atoms with Crippen LogP contribution in [0.25, 0.3) is 10.9 Å². The smallest absolute Gasteiger partial charge is 0.365 e. The van der Waals surface area contributed by atoms with E-state index in [1.54, 1.807) is 0 Å². The zero-order valence-corrected chi connectivity index (χ0v) is 12.7. The van der Waals surface area contributed by atoms with Crippen LogP contribution in [0, 0.1) is 12.7 Å². The summed E-state index contributed by atoms with van der Waals surface area (Å²) in [5.74, 6) is -1.87. The van der Waals surface area contributed by atoms with Crippen LogP contribution in [0.15, 0.2) is 42.5 Å². The number of benzene rings is 2. The summed E-state index contributed by atoms with van der Waals surface area (Å²) in [4.78, 5) is 7.00. The van der Waals surface area contributed by atoms with E-state index in [1.165, 1.54) is 6.07 Å². The van der Waals surface area contributed by atoms with Gasteiger partial charge in [-0.1, -0.05) is 29.8 Å². The minimum Gasteiger partial charge on any atom is -0.365 e. The summed E-state index contributed by atoms with van der Waals surface area (Å²) in [5, 5.41) is 3.05. The molecule has 7 heteroatoms. The van der Waals surface area contributed by atoms with Crippen LogP contribution in [0.1, 0.15) is 17.0 Å². The van der Waals surface area contributed by atoms with E-state index in [-0.39, 0.29) is 23.3 Å². The highest BCUT2D eigenvalue weighted by Crippen LogP contribution is 2.30. The predicted octanol–water partition coefficient (Wildman–Crippen LogP) is 4.71. The van der Waals surface area contributed by atoms with Crippen molar-refractivity contribution in [2.75, 3.05) is 5.32 Å². The maximum Gasteiger partial charge on any atom is 0.451 e. The summed E-state index contributed by atoms with van der Waals surface area (Å²) in [7, 11) is 0. The van der Waals surface area contributed by atoms with E-state index in [1.807, 2.05) is 31.2 Å². The van der Waals surface area contributed by atoms with Gasteiger partial charge in [0.2, 0.25) is 5.82 Å². The SMILES string of the molecule is Cc1ccc(CNc2nc(C(F)(F)F)nc3ccc(F)cc23)cc1. The molecule has 1 aromatic heterocycles. The molecular weight excluding hydrogens is 322 g/mol. The third kappa shape index (κ3) is 3.45. The van der Waals surface area contributed by atoms with Crippen LogP contribution in [-0.2, 0) is 12.7 Å². The van der Waals surface area contributed by atoms with Gasteiger partial charge in [-0.2, -0.15) is 13.2 Å². The van der Waals surface area contributed by atoms with Crippen molar-refractivity contribution in [3.05, 3.63) is 65.2 Å². The first-order chi connectivity index (χ1) is 11.3. The number of alkyl halides is 3. The number of halogens is 4. The highest BCUT2D eigenvalue weighted by Gasteiger charge is 2.35. The Labute approximate surface area is 135 Å². The molecular formula is C17H13F4N3. The molecule has 2 aromatic carbocycles. The van der Waals surface area contributed by atoms with Crippen molar-refractivity contribution in [1.29, 1.82) is 0 Å². The molecule has 124 valence electrons. The molecule has 0 saturated carbocycles. The molecule has 3 aromatic rings. The fraction of sp³-hybridized carbons (Fsp3) is 0.176. The zero-order valence-electron chi connectivity index (χ0n) is 12.7. The van der Waals surface area contributed by atoms with Crippen molar-refractivity contribution in [2.24, 2.45) is 0 Å². The van der Waals surface area contributed by atoms with Gasteiger partial charge in [-0.25, -0.2) is 14.4 Å². The van der Waals surface area contributed by atoms with Crippen LogP contribution in [0.4, 0.5) is 23.4 Å². The molecule has 1 N–H and O–H groups in total. The molecule has 0 unspecified atom stereocenters. The van der Waals surface area contributed by atoms with Gasteiger partial charge in [0, 0.05) is 11.9 Å². The first kappa shape index (κ1) is 16.2. The topological polar surface area (TPSA) is 37.8 Å². The van der Waals surface area contributed by atoms with Gasteiger partial charge in [0.05, 0.1) is 5.52 Å². The molecule has 0 saturated heterocycles. The number of rotatable bonds is 3. The fourth-order valence-corrected chi connectivity index (χ4v) is 2.25. The normalized spacial score (nSPS) is 11.7. The van der Waals surface area contributed by atoms with Gasteiger partial charge in [0.25, 0.3) is 0 Å². The molecule has 3 nitrogen and oxygen atoms in total. The lowest BCUT2D eigenvalue weighted by atomic mass is 10.1. The van der Waals surface area contributed by atoms with Gasteiger partial charge in [-0.05, 0) is 30.7 Å². The first-order valence-electron chi connectivity index (χ1n) is 7.17. The second-order valence-corrected chi connectivity index (χ2v) is 5.39. The van der Waals surface area contributed by atoms with Crippen LogP contribution in [0.3, 0.4) is 0 Å². The number of fused-ring (bicyclic) bond motifs is 1. The number of anilines is 1. The minimum absolute atomic E-state index is 0.0325. The molecule has 0 amide bonds. The third-order valence-corrected chi connectivity index (χ3v) is 3.49. The molecule has 3 rings (SSSR count). The quantitative estimate of drug-likeness (QED) is 0.705. The lowest BCUT2D eigenvalue weighted by Crippen LogP contribution is -2.13. The van der Waals surface area contributed by atoms with Crippen molar-refractivity contribution >= 4 is 16.7 Å². The van der Waals surface area contributed by atoms with Crippen molar-refractivity contribution < 1.29 is 17.6 Å². The van der Waals surface area contributed by atoms with Crippen LogP contribution in [-0.4, -0.2) is 9.97 Å². The Morgan fingerprint density at radius 3 is 2.38 bits per heavy atom. The van der Waals surface area contributed by atoms with Crippen molar-refractivity contribution in [3.63, 3.8) is 0 Å². The standard InChI is InChI=1S/C17H13F4N3/c1-10-2-4-11(5-3-10)9-22-15-13-8-12(18)6-7-14(13)23-16(24-15)17(19,20)21/h2-8H,9H2,1H3,(H,22,23,24). The maximum atomic E-state index is 13.5. The molecule has 0 aliphatic rings. The first-order valence-corrected chi connectivity index (χ1v) is 7.17. The Morgan fingerprint density at radius 2 is 1.71 bits per heavy atom. The molecule has 0 spiro atoms. The van der Waals surface area contributed by atoms with Crippen LogP contribution in [0.5, 0.6) is 0 Å². The van der Waals surface area contributed by atoms with E-state index in [0.717, 1.165) is 23.3 Å². The van der Waals surface area contributed by atoms with E-state index in [0.29, 0.717) is 0 Å². The molecule has 0 bridgehead atoms. The average molecular weight is 335 g/mol. The average Bonchev–Trinajstić information content (AvgIpc) is 2.53. The Bertz CT molecular complexity index is 873. The number of aromatic nitrogens is 2. The largest absolute Gasteiger partial charge is 0.451 e. The number of nitrogens with zero attached hydrogens (tertiary/aromatic N) is 2. The number of aryl methyl sites for hydroxylation is 1. The molecule has 0 aliphatic heterocycles. The summed E-state index contributed by atoms with van der Waals surface area (Å²) in [6.07, 6.45) is -4.68. The molecule has 24 heavy (non-hydrogen) atoms. The van der Waals surface area contributed by atoms with Gasteiger partial charge >= 0.3 is 6.18 Å². The Hall–Kier alpha value is -2.70. The van der Waals surface area contributed by atoms with Crippen molar-refractivity contribution in [2.45, 2.75) is 19.6 Å². The van der Waals surface area contributed by atoms with E-state index >= 15 is 0 Å². The lowest BCUT2D eigenvalue weighted by Gasteiger charge is -2.12. The number of hydrogen-bond acceptors (Lipinski definition) is 3. The molecule has 0 aliphatic carbocycles. The van der Waals surface area contributed by atoms with Crippen molar-refractivity contribution in [3.8, 4) is 0 Å². The summed E-state index contributed by atoms with van der Waals surface area (Å²) in [5.41, 5.74) is 1.98. The van der Waals surface area contributed by atoms with Gasteiger partial charge in [-0.15, -0.1) is 0 Å². The van der Waals surface area contributed by atoms with Crippen LogP contribution in [0.2, 0.25) is 0 Å². The fourth-order valence-electron chi connectivity index (χ4n) is 2.25. The monoisotopic (exact) mass is 335 g/mol. The Balaban J connectivity index is 2.00. The Kier molecular flexibility index (Phi) is 4.09. The highest BCUT2D eigenvalue weighted by molar-refractivity contribution is 5.89. The van der Waals surface area contributed by atoms with E-state index in [9.17, 15) is 17.6 Å². The summed E-state index contributed by atoms with van der Waals surface area (Å²) in [6, 6.07) is 10.9. The predicted molar refractivity (Wildman–Crippen MR) is 83.0 cm³/mol. The minimum atomic E-state index is -4.68. The second-order valence-electron chi connectivity index (χ2n) is 5.39. The highest BCUT2D eigenvalue weighted by atomic mass is 19.4. The lowest BCUT2D eigenvalue weighted by molar-refractivity contribution is -0.144. The van der Waals surface area contributed by atoms with Gasteiger partial charge in [0.1, 0.15) is 11.6 Å². The molecule has 0 radical (unpaired) electrons.